The third-order valence-corrected chi connectivity index (χ3v) is 7.61. The standard InChI is InChI=1S/C23H30F2N6O2/c24-22(25)33-31-10-17(7-27-23(31)26)20-6-19(28-21(29-20)15-1-2-15)16-4-13-3-14(5-16)9-30(8-13)18-11-32-12-18/h6-7,13-16,18,22H,1-5,8-12H2,(H2,26,27). The molecule has 0 aromatic carbocycles. The number of hydrogen-bond donors (Lipinski definition) is 1. The average molecular weight is 461 g/mol. The first kappa shape index (κ1) is 21.4. The Labute approximate surface area is 191 Å². The molecule has 4 heterocycles. The smallest absolute Gasteiger partial charge is 0.365 e. The summed E-state index contributed by atoms with van der Waals surface area (Å²) >= 11 is 0. The van der Waals surface area contributed by atoms with Crippen LogP contribution in [0.2, 0.25) is 0 Å². The number of halogens is 2. The second kappa shape index (κ2) is 8.56. The number of aliphatic imine (C=N–C) groups is 1. The van der Waals surface area contributed by atoms with Crippen molar-refractivity contribution in [3.8, 4) is 0 Å². The number of fused-ring (bicyclic) bond motifs is 2. The van der Waals surface area contributed by atoms with Crippen LogP contribution in [0.3, 0.4) is 0 Å². The fourth-order valence-electron chi connectivity index (χ4n) is 5.78. The number of hydrogen-bond acceptors (Lipinski definition) is 8. The average Bonchev–Trinajstić information content (AvgIpc) is 3.58. The van der Waals surface area contributed by atoms with Gasteiger partial charge in [0.1, 0.15) is 5.82 Å². The van der Waals surface area contributed by atoms with Gasteiger partial charge in [-0.25, -0.2) is 24.9 Å². The zero-order valence-electron chi connectivity index (χ0n) is 18.6. The molecule has 0 radical (unpaired) electrons. The normalized spacial score (nSPS) is 30.8. The highest BCUT2D eigenvalue weighted by atomic mass is 19.3. The molecule has 5 aliphatic rings. The number of rotatable bonds is 6. The van der Waals surface area contributed by atoms with E-state index in [1.807, 2.05) is 6.07 Å². The molecule has 3 aliphatic heterocycles. The van der Waals surface area contributed by atoms with Crippen molar-refractivity contribution < 1.29 is 18.4 Å². The van der Waals surface area contributed by atoms with E-state index < -0.39 is 6.61 Å². The van der Waals surface area contributed by atoms with Crippen molar-refractivity contribution in [1.29, 1.82) is 0 Å². The molecule has 178 valence electrons. The molecular formula is C23H30F2N6O2. The number of nitrogens with two attached hydrogens (primary N) is 1. The molecule has 2 atom stereocenters. The predicted octanol–water partition coefficient (Wildman–Crippen LogP) is 2.69. The van der Waals surface area contributed by atoms with Crippen molar-refractivity contribution in [3.63, 3.8) is 0 Å². The van der Waals surface area contributed by atoms with Crippen LogP contribution in [0.25, 0.3) is 5.57 Å². The molecular weight excluding hydrogens is 430 g/mol. The van der Waals surface area contributed by atoms with Gasteiger partial charge < -0.3 is 10.5 Å². The van der Waals surface area contributed by atoms with Crippen molar-refractivity contribution >= 4 is 11.5 Å². The maximum Gasteiger partial charge on any atom is 0.365 e. The molecule has 10 heteroatoms. The van der Waals surface area contributed by atoms with Crippen molar-refractivity contribution in [2.45, 2.75) is 56.6 Å². The number of piperidine rings is 1. The Bertz CT molecular complexity index is 950. The molecule has 6 rings (SSSR count). The van der Waals surface area contributed by atoms with Crippen LogP contribution in [0.4, 0.5) is 8.78 Å². The first-order chi connectivity index (χ1) is 16.0. The molecule has 4 fully saturated rings. The van der Waals surface area contributed by atoms with E-state index in [9.17, 15) is 8.78 Å². The van der Waals surface area contributed by atoms with Crippen molar-refractivity contribution in [3.05, 3.63) is 29.5 Å². The summed E-state index contributed by atoms with van der Waals surface area (Å²) in [7, 11) is 0. The molecule has 33 heavy (non-hydrogen) atoms. The van der Waals surface area contributed by atoms with Gasteiger partial charge in [-0.3, -0.25) is 4.90 Å². The zero-order valence-corrected chi connectivity index (χ0v) is 18.6. The Morgan fingerprint density at radius 2 is 1.82 bits per heavy atom. The van der Waals surface area contributed by atoms with E-state index in [1.54, 1.807) is 6.20 Å². The Morgan fingerprint density at radius 1 is 1.06 bits per heavy atom. The number of hydroxylamine groups is 2. The molecule has 1 aromatic heterocycles. The summed E-state index contributed by atoms with van der Waals surface area (Å²) < 4.78 is 31.0. The zero-order chi connectivity index (χ0) is 22.5. The van der Waals surface area contributed by atoms with Crippen molar-refractivity contribution in [2.24, 2.45) is 22.6 Å². The molecule has 2 bridgehead atoms. The number of aromatic nitrogens is 2. The van der Waals surface area contributed by atoms with Crippen LogP contribution in [0, 0.1) is 11.8 Å². The third kappa shape index (κ3) is 4.48. The second-order valence-electron chi connectivity index (χ2n) is 10.1. The van der Waals surface area contributed by atoms with Crippen molar-refractivity contribution in [2.75, 3.05) is 32.8 Å². The van der Waals surface area contributed by atoms with E-state index in [2.05, 4.69) is 14.7 Å². The Hall–Kier alpha value is -2.17. The Morgan fingerprint density at radius 3 is 2.45 bits per heavy atom. The van der Waals surface area contributed by atoms with Crippen molar-refractivity contribution in [1.82, 2.24) is 19.9 Å². The van der Waals surface area contributed by atoms with Crippen LogP contribution < -0.4 is 5.73 Å². The number of guanidine groups is 1. The number of ether oxygens (including phenoxy) is 1. The molecule has 0 amide bonds. The minimum Gasteiger partial charge on any atom is -0.378 e. The van der Waals surface area contributed by atoms with Crippen LogP contribution in [0.1, 0.15) is 61.2 Å². The summed E-state index contributed by atoms with van der Waals surface area (Å²) in [6, 6.07) is 2.64. The van der Waals surface area contributed by atoms with Gasteiger partial charge in [-0.05, 0) is 50.0 Å². The number of alkyl halides is 2. The topological polar surface area (TPSA) is 89.1 Å². The molecule has 0 spiro atoms. The first-order valence-corrected chi connectivity index (χ1v) is 12.0. The van der Waals surface area contributed by atoms with Gasteiger partial charge in [-0.1, -0.05) is 0 Å². The van der Waals surface area contributed by atoms with E-state index in [0.717, 1.165) is 74.3 Å². The van der Waals surface area contributed by atoms with Crippen LogP contribution in [0.5, 0.6) is 0 Å². The van der Waals surface area contributed by atoms with Gasteiger partial charge in [0.05, 0.1) is 31.5 Å². The lowest BCUT2D eigenvalue weighted by atomic mass is 9.71. The summed E-state index contributed by atoms with van der Waals surface area (Å²) in [5.74, 6) is 2.94. The van der Waals surface area contributed by atoms with E-state index in [0.29, 0.717) is 35.3 Å². The summed E-state index contributed by atoms with van der Waals surface area (Å²) in [6.07, 6.45) is 7.37. The Kier molecular flexibility index (Phi) is 5.54. The third-order valence-electron chi connectivity index (χ3n) is 7.61. The van der Waals surface area contributed by atoms with E-state index in [-0.39, 0.29) is 12.5 Å². The highest BCUT2D eigenvalue weighted by molar-refractivity contribution is 5.83. The fourth-order valence-corrected chi connectivity index (χ4v) is 5.78. The largest absolute Gasteiger partial charge is 0.378 e. The quantitative estimate of drug-likeness (QED) is 0.698. The van der Waals surface area contributed by atoms with Gasteiger partial charge in [0.2, 0.25) is 5.96 Å². The lowest BCUT2D eigenvalue weighted by molar-refractivity contribution is -0.245. The predicted molar refractivity (Wildman–Crippen MR) is 117 cm³/mol. The highest BCUT2D eigenvalue weighted by Crippen LogP contribution is 2.45. The second-order valence-corrected chi connectivity index (χ2v) is 10.1. The SMILES string of the molecule is NC1=NC=C(c2cc(C3CC4CC(C3)CN(C3COC3)C4)nc(C3CC3)n2)CN1OC(F)F. The molecule has 8 nitrogen and oxygen atoms in total. The molecule has 2 N–H and O–H groups in total. The summed E-state index contributed by atoms with van der Waals surface area (Å²) in [5.41, 5.74) is 8.27. The fraction of sp³-hybridized carbons (Fsp3) is 0.696. The van der Waals surface area contributed by atoms with Gasteiger partial charge in [0.15, 0.2) is 0 Å². The van der Waals surface area contributed by atoms with Gasteiger partial charge in [0, 0.05) is 42.4 Å². The molecule has 2 aliphatic carbocycles. The molecule has 2 saturated carbocycles. The lowest BCUT2D eigenvalue weighted by Gasteiger charge is -2.48. The minimum atomic E-state index is -2.96. The highest BCUT2D eigenvalue weighted by Gasteiger charge is 2.40. The van der Waals surface area contributed by atoms with E-state index in [4.69, 9.17) is 20.4 Å². The summed E-state index contributed by atoms with van der Waals surface area (Å²) in [4.78, 5) is 21.0. The van der Waals surface area contributed by atoms with Crippen LogP contribution >= 0.6 is 0 Å². The minimum absolute atomic E-state index is 0.0779. The van der Waals surface area contributed by atoms with Gasteiger partial charge >= 0.3 is 6.61 Å². The Balaban J connectivity index is 1.24. The maximum atomic E-state index is 12.8. The van der Waals surface area contributed by atoms with Gasteiger partial charge in [-0.2, -0.15) is 8.78 Å². The van der Waals surface area contributed by atoms with Gasteiger partial charge in [0.25, 0.3) is 0 Å². The first-order valence-electron chi connectivity index (χ1n) is 12.0. The van der Waals surface area contributed by atoms with E-state index >= 15 is 0 Å². The maximum absolute atomic E-state index is 12.8. The van der Waals surface area contributed by atoms with Crippen LogP contribution in [-0.2, 0) is 9.57 Å². The molecule has 2 saturated heterocycles. The summed E-state index contributed by atoms with van der Waals surface area (Å²) in [5, 5.41) is 0.933. The monoisotopic (exact) mass is 460 g/mol. The van der Waals surface area contributed by atoms with Crippen LogP contribution in [0.15, 0.2) is 17.3 Å². The van der Waals surface area contributed by atoms with E-state index in [1.165, 1.54) is 6.42 Å². The molecule has 2 unspecified atom stereocenters. The summed E-state index contributed by atoms with van der Waals surface area (Å²) in [6.45, 7) is 1.15. The number of nitrogens with zero attached hydrogens (tertiary/aromatic N) is 5. The lowest BCUT2D eigenvalue weighted by Crippen LogP contribution is -2.55. The van der Waals surface area contributed by atoms with Crippen LogP contribution in [-0.4, -0.2) is 71.4 Å². The number of likely N-dealkylation sites (tertiary alicyclic amines) is 1. The molecule has 1 aromatic rings. The van der Waals surface area contributed by atoms with Gasteiger partial charge in [-0.15, -0.1) is 0 Å².